The largest absolute Gasteiger partial charge is 0.496 e. The minimum absolute atomic E-state index is 0.0292. The lowest BCUT2D eigenvalue weighted by Crippen LogP contribution is -2.31. The topological polar surface area (TPSA) is 33.7 Å². The van der Waals surface area contributed by atoms with Crippen LogP contribution in [0.25, 0.3) is 0 Å². The van der Waals surface area contributed by atoms with E-state index in [0.29, 0.717) is 0 Å². The number of fused-ring (bicyclic) bond motifs is 1. The lowest BCUT2D eigenvalue weighted by molar-refractivity contribution is 0.222. The molecule has 0 aliphatic carbocycles. The summed E-state index contributed by atoms with van der Waals surface area (Å²) in [5, 5.41) is 3.71. The molecule has 3 rings (SSSR count). The van der Waals surface area contributed by atoms with Crippen molar-refractivity contribution < 1.29 is 9.47 Å². The Labute approximate surface area is 182 Å². The molecule has 30 heavy (non-hydrogen) atoms. The van der Waals surface area contributed by atoms with Gasteiger partial charge < -0.3 is 19.7 Å². The van der Waals surface area contributed by atoms with E-state index in [0.717, 1.165) is 50.7 Å². The highest BCUT2D eigenvalue weighted by molar-refractivity contribution is 5.48. The van der Waals surface area contributed by atoms with Crippen LogP contribution in [0.1, 0.15) is 62.9 Å². The molecule has 1 atom stereocenters. The zero-order valence-electron chi connectivity index (χ0n) is 19.5. The third-order valence-corrected chi connectivity index (χ3v) is 6.10. The Morgan fingerprint density at radius 3 is 2.50 bits per heavy atom. The number of ether oxygens (including phenoxy) is 2. The Bertz CT molecular complexity index is 837. The maximum Gasteiger partial charge on any atom is 0.122 e. The highest BCUT2D eigenvalue weighted by Gasteiger charge is 2.25. The van der Waals surface area contributed by atoms with Crippen molar-refractivity contribution >= 4 is 0 Å². The molecule has 1 N–H and O–H groups in total. The number of methoxy groups -OCH3 is 1. The van der Waals surface area contributed by atoms with E-state index in [1.54, 1.807) is 7.11 Å². The second-order valence-electron chi connectivity index (χ2n) is 9.08. The summed E-state index contributed by atoms with van der Waals surface area (Å²) in [6.45, 7) is 15.9. The first-order valence-electron chi connectivity index (χ1n) is 11.3. The fraction of sp³-hybridized carbons (Fsp3) is 0.538. The summed E-state index contributed by atoms with van der Waals surface area (Å²) in [7, 11) is 1.75. The van der Waals surface area contributed by atoms with Gasteiger partial charge in [0, 0.05) is 13.1 Å². The van der Waals surface area contributed by atoms with E-state index in [1.807, 2.05) is 0 Å². The molecule has 1 heterocycles. The maximum atomic E-state index is 6.06. The van der Waals surface area contributed by atoms with Gasteiger partial charge >= 0.3 is 0 Å². The summed E-state index contributed by atoms with van der Waals surface area (Å²) in [6.07, 6.45) is 1.03. The quantitative estimate of drug-likeness (QED) is 0.668. The minimum Gasteiger partial charge on any atom is -0.496 e. The zero-order valence-corrected chi connectivity index (χ0v) is 19.5. The van der Waals surface area contributed by atoms with E-state index in [2.05, 4.69) is 81.2 Å². The highest BCUT2D eigenvalue weighted by atomic mass is 16.5. The van der Waals surface area contributed by atoms with Crippen molar-refractivity contribution in [3.63, 3.8) is 0 Å². The monoisotopic (exact) mass is 410 g/mol. The lowest BCUT2D eigenvalue weighted by atomic mass is 9.82. The second-order valence-corrected chi connectivity index (χ2v) is 9.08. The van der Waals surface area contributed by atoms with Gasteiger partial charge in [0.05, 0.1) is 13.2 Å². The van der Waals surface area contributed by atoms with Crippen LogP contribution in [-0.4, -0.2) is 44.8 Å². The van der Waals surface area contributed by atoms with Crippen molar-refractivity contribution in [2.75, 3.05) is 39.9 Å². The van der Waals surface area contributed by atoms with Crippen molar-refractivity contribution in [3.05, 3.63) is 58.7 Å². The Morgan fingerprint density at radius 1 is 1.07 bits per heavy atom. The van der Waals surface area contributed by atoms with Gasteiger partial charge in [0.1, 0.15) is 18.1 Å². The molecule has 0 aromatic heterocycles. The summed E-state index contributed by atoms with van der Waals surface area (Å²) < 4.78 is 11.7. The molecule has 4 heteroatoms. The number of hydrogen-bond donors (Lipinski definition) is 1. The molecule has 0 fully saturated rings. The van der Waals surface area contributed by atoms with E-state index < -0.39 is 0 Å². The molecule has 0 radical (unpaired) electrons. The minimum atomic E-state index is 0.0292. The van der Waals surface area contributed by atoms with Crippen LogP contribution in [0.3, 0.4) is 0 Å². The molecular formula is C26H38N2O2. The van der Waals surface area contributed by atoms with Crippen molar-refractivity contribution in [2.45, 2.75) is 52.5 Å². The Kier molecular flexibility index (Phi) is 7.43. The first-order valence-corrected chi connectivity index (χ1v) is 11.3. The lowest BCUT2D eigenvalue weighted by Gasteiger charge is -2.30. The molecule has 0 saturated heterocycles. The van der Waals surface area contributed by atoms with E-state index in [4.69, 9.17) is 9.47 Å². The summed E-state index contributed by atoms with van der Waals surface area (Å²) in [4.78, 5) is 2.38. The molecule has 0 amide bonds. The van der Waals surface area contributed by atoms with Crippen LogP contribution >= 0.6 is 0 Å². The molecule has 2 aromatic rings. The molecule has 0 saturated carbocycles. The van der Waals surface area contributed by atoms with Crippen molar-refractivity contribution in [3.8, 4) is 11.5 Å². The molecule has 1 aliphatic heterocycles. The Hall–Kier alpha value is -2.04. The van der Waals surface area contributed by atoms with Crippen molar-refractivity contribution in [1.29, 1.82) is 0 Å². The molecule has 1 unspecified atom stereocenters. The third kappa shape index (κ3) is 5.16. The standard InChI is InChI=1S/C26H38N2O2/c1-7-28(8-2)15-16-30-21-10-11-22-19(17-21)13-14-27-25(22)20-9-12-24(29-6)23(18-20)26(3,4)5/h9-12,17-18,25,27H,7-8,13-16H2,1-6H3. The van der Waals surface area contributed by atoms with Crippen LogP contribution in [0.5, 0.6) is 11.5 Å². The number of benzene rings is 2. The van der Waals surface area contributed by atoms with Gasteiger partial charge in [-0.1, -0.05) is 46.8 Å². The molecular weight excluding hydrogens is 372 g/mol. The molecule has 1 aliphatic rings. The highest BCUT2D eigenvalue weighted by Crippen LogP contribution is 2.37. The molecule has 4 nitrogen and oxygen atoms in total. The summed E-state index contributed by atoms with van der Waals surface area (Å²) in [5.41, 5.74) is 5.29. The van der Waals surface area contributed by atoms with Gasteiger partial charge in [0.25, 0.3) is 0 Å². The van der Waals surface area contributed by atoms with E-state index >= 15 is 0 Å². The summed E-state index contributed by atoms with van der Waals surface area (Å²) >= 11 is 0. The van der Waals surface area contributed by atoms with Gasteiger partial charge in [-0.25, -0.2) is 0 Å². The van der Waals surface area contributed by atoms with E-state index in [-0.39, 0.29) is 11.5 Å². The van der Waals surface area contributed by atoms with Gasteiger partial charge in [0.2, 0.25) is 0 Å². The van der Waals surface area contributed by atoms with Crippen LogP contribution in [0.4, 0.5) is 0 Å². The van der Waals surface area contributed by atoms with Crippen LogP contribution in [0.2, 0.25) is 0 Å². The van der Waals surface area contributed by atoms with Gasteiger partial charge in [-0.3, -0.25) is 0 Å². The fourth-order valence-electron chi connectivity index (χ4n) is 4.25. The van der Waals surface area contributed by atoms with Gasteiger partial charge in [-0.15, -0.1) is 0 Å². The predicted molar refractivity (Wildman–Crippen MR) is 125 cm³/mol. The van der Waals surface area contributed by atoms with E-state index in [9.17, 15) is 0 Å². The maximum absolute atomic E-state index is 6.06. The predicted octanol–water partition coefficient (Wildman–Crippen LogP) is 4.95. The van der Waals surface area contributed by atoms with Gasteiger partial charge in [-0.05, 0) is 71.4 Å². The molecule has 164 valence electrons. The Balaban J connectivity index is 1.81. The second kappa shape index (κ2) is 9.84. The molecule has 0 bridgehead atoms. The first kappa shape index (κ1) is 22.6. The Morgan fingerprint density at radius 2 is 1.83 bits per heavy atom. The number of rotatable bonds is 8. The van der Waals surface area contributed by atoms with Crippen molar-refractivity contribution in [1.82, 2.24) is 10.2 Å². The summed E-state index contributed by atoms with van der Waals surface area (Å²) in [5.74, 6) is 1.94. The SMILES string of the molecule is CCN(CC)CCOc1ccc2c(c1)CCNC2c1ccc(OC)c(C(C)(C)C)c1. The average Bonchev–Trinajstić information content (AvgIpc) is 2.75. The van der Waals surface area contributed by atoms with Gasteiger partial charge in [0.15, 0.2) is 0 Å². The fourth-order valence-corrected chi connectivity index (χ4v) is 4.25. The van der Waals surface area contributed by atoms with Crippen LogP contribution in [-0.2, 0) is 11.8 Å². The smallest absolute Gasteiger partial charge is 0.122 e. The van der Waals surface area contributed by atoms with Crippen LogP contribution < -0.4 is 14.8 Å². The third-order valence-electron chi connectivity index (χ3n) is 6.10. The zero-order chi connectivity index (χ0) is 21.7. The number of likely N-dealkylation sites (N-methyl/N-ethyl adjacent to an activating group) is 1. The number of nitrogens with one attached hydrogen (secondary N) is 1. The molecule has 2 aromatic carbocycles. The summed E-state index contributed by atoms with van der Waals surface area (Å²) in [6, 6.07) is 13.4. The molecule has 0 spiro atoms. The van der Waals surface area contributed by atoms with Crippen LogP contribution in [0, 0.1) is 0 Å². The number of nitrogens with zero attached hydrogens (tertiary/aromatic N) is 1. The van der Waals surface area contributed by atoms with Gasteiger partial charge in [-0.2, -0.15) is 0 Å². The van der Waals surface area contributed by atoms with Crippen molar-refractivity contribution in [2.24, 2.45) is 0 Å². The van der Waals surface area contributed by atoms with E-state index in [1.165, 1.54) is 22.3 Å². The number of hydrogen-bond acceptors (Lipinski definition) is 4. The van der Waals surface area contributed by atoms with Crippen LogP contribution in [0.15, 0.2) is 36.4 Å². The average molecular weight is 411 g/mol. The first-order chi connectivity index (χ1) is 14.4. The normalized spacial score (nSPS) is 16.4.